The minimum absolute atomic E-state index is 0.182. The molecule has 6 heteroatoms. The Morgan fingerprint density at radius 2 is 1.77 bits per heavy atom. The Labute approximate surface area is 186 Å². The number of morpholine rings is 1. The van der Waals surface area contributed by atoms with Gasteiger partial charge in [-0.05, 0) is 56.7 Å². The first-order valence-corrected chi connectivity index (χ1v) is 12.4. The average Bonchev–Trinajstić information content (AvgIpc) is 3.57. The lowest BCUT2D eigenvalue weighted by atomic mass is 9.93. The standard InChI is InChI=1S/C25H38N4O2/c30-24(20-6-7-20)27-22-4-3-5-23(18-22)28-12-8-21(9-13-28)26-19-25(10-1-2-11-25)29-14-16-31-17-15-29/h3-5,18,20-21,26H,1-2,6-17,19H2,(H,27,30). The molecule has 0 aromatic heterocycles. The molecule has 2 aliphatic carbocycles. The van der Waals surface area contributed by atoms with Crippen molar-refractivity contribution in [3.8, 4) is 0 Å². The Morgan fingerprint density at radius 3 is 2.48 bits per heavy atom. The molecule has 6 nitrogen and oxygen atoms in total. The van der Waals surface area contributed by atoms with Gasteiger partial charge in [0.15, 0.2) is 0 Å². The first-order valence-electron chi connectivity index (χ1n) is 12.4. The Kier molecular flexibility index (Phi) is 6.49. The summed E-state index contributed by atoms with van der Waals surface area (Å²) in [4.78, 5) is 17.3. The zero-order valence-electron chi connectivity index (χ0n) is 18.8. The molecule has 170 valence electrons. The van der Waals surface area contributed by atoms with Crippen LogP contribution in [0.4, 0.5) is 11.4 Å². The van der Waals surface area contributed by atoms with Gasteiger partial charge < -0.3 is 20.3 Å². The van der Waals surface area contributed by atoms with Crippen molar-refractivity contribution in [2.24, 2.45) is 5.92 Å². The highest BCUT2D eigenvalue weighted by atomic mass is 16.5. The van der Waals surface area contributed by atoms with Crippen molar-refractivity contribution in [2.45, 2.75) is 62.9 Å². The predicted molar refractivity (Wildman–Crippen MR) is 125 cm³/mol. The molecule has 1 aromatic carbocycles. The van der Waals surface area contributed by atoms with Gasteiger partial charge in [-0.2, -0.15) is 0 Å². The van der Waals surface area contributed by atoms with Crippen LogP contribution in [-0.2, 0) is 9.53 Å². The molecule has 1 amide bonds. The summed E-state index contributed by atoms with van der Waals surface area (Å²) in [6, 6.07) is 8.98. The SMILES string of the molecule is O=C(Nc1cccc(N2CCC(NCC3(N4CCOCC4)CCCC3)CC2)c1)C1CC1. The minimum Gasteiger partial charge on any atom is -0.379 e. The maximum absolute atomic E-state index is 12.1. The third-order valence-corrected chi connectivity index (χ3v) is 7.86. The van der Waals surface area contributed by atoms with Gasteiger partial charge in [-0.15, -0.1) is 0 Å². The van der Waals surface area contributed by atoms with Crippen LogP contribution in [0.15, 0.2) is 24.3 Å². The highest BCUT2D eigenvalue weighted by Crippen LogP contribution is 2.36. The van der Waals surface area contributed by atoms with Gasteiger partial charge in [-0.25, -0.2) is 0 Å². The largest absolute Gasteiger partial charge is 0.379 e. The van der Waals surface area contributed by atoms with Crippen LogP contribution in [0.1, 0.15) is 51.4 Å². The number of nitrogens with one attached hydrogen (secondary N) is 2. The van der Waals surface area contributed by atoms with E-state index in [1.54, 1.807) is 0 Å². The minimum atomic E-state index is 0.182. The van der Waals surface area contributed by atoms with Crippen molar-refractivity contribution in [1.29, 1.82) is 0 Å². The van der Waals surface area contributed by atoms with Crippen LogP contribution in [0.25, 0.3) is 0 Å². The van der Waals surface area contributed by atoms with E-state index in [4.69, 9.17) is 4.74 Å². The van der Waals surface area contributed by atoms with Crippen molar-refractivity contribution >= 4 is 17.3 Å². The summed E-state index contributed by atoms with van der Waals surface area (Å²) in [6.45, 7) is 7.23. The van der Waals surface area contributed by atoms with Crippen molar-refractivity contribution < 1.29 is 9.53 Å². The molecule has 4 aliphatic rings. The van der Waals surface area contributed by atoms with Gasteiger partial charge in [0.2, 0.25) is 5.91 Å². The highest BCUT2D eigenvalue weighted by molar-refractivity contribution is 5.94. The molecule has 0 atom stereocenters. The Balaban J connectivity index is 1.12. The van der Waals surface area contributed by atoms with Gasteiger partial charge in [0, 0.05) is 61.6 Å². The van der Waals surface area contributed by atoms with Crippen molar-refractivity contribution in [2.75, 3.05) is 56.2 Å². The number of carbonyl (C=O) groups excluding carboxylic acids is 1. The lowest BCUT2D eigenvalue weighted by Gasteiger charge is -2.45. The summed E-state index contributed by atoms with van der Waals surface area (Å²) in [5.41, 5.74) is 2.52. The Morgan fingerprint density at radius 1 is 1.03 bits per heavy atom. The van der Waals surface area contributed by atoms with E-state index >= 15 is 0 Å². The van der Waals surface area contributed by atoms with Gasteiger partial charge in [-0.3, -0.25) is 9.69 Å². The van der Waals surface area contributed by atoms with Crippen molar-refractivity contribution in [3.05, 3.63) is 24.3 Å². The maximum Gasteiger partial charge on any atom is 0.227 e. The molecule has 31 heavy (non-hydrogen) atoms. The number of hydrogen-bond acceptors (Lipinski definition) is 5. The highest BCUT2D eigenvalue weighted by Gasteiger charge is 2.40. The number of carbonyl (C=O) groups is 1. The summed E-state index contributed by atoms with van der Waals surface area (Å²) < 4.78 is 5.61. The van der Waals surface area contributed by atoms with Gasteiger partial charge in [0.1, 0.15) is 0 Å². The number of anilines is 2. The second-order valence-corrected chi connectivity index (χ2v) is 9.99. The van der Waals surface area contributed by atoms with Crippen LogP contribution in [-0.4, -0.2) is 68.3 Å². The van der Waals surface area contributed by atoms with Crippen LogP contribution >= 0.6 is 0 Å². The lowest BCUT2D eigenvalue weighted by molar-refractivity contribution is -0.117. The number of nitrogens with zero attached hydrogens (tertiary/aromatic N) is 2. The van der Waals surface area contributed by atoms with E-state index in [1.807, 2.05) is 6.07 Å². The number of amides is 1. The first-order chi connectivity index (χ1) is 15.2. The second-order valence-electron chi connectivity index (χ2n) is 9.99. The van der Waals surface area contributed by atoms with E-state index in [9.17, 15) is 4.79 Å². The van der Waals surface area contributed by atoms with E-state index in [1.165, 1.54) is 44.2 Å². The van der Waals surface area contributed by atoms with Gasteiger partial charge in [0.25, 0.3) is 0 Å². The van der Waals surface area contributed by atoms with Crippen LogP contribution < -0.4 is 15.5 Å². The zero-order chi connectivity index (χ0) is 21.1. The van der Waals surface area contributed by atoms with Crippen molar-refractivity contribution in [3.63, 3.8) is 0 Å². The van der Waals surface area contributed by atoms with Gasteiger partial charge >= 0.3 is 0 Å². The third kappa shape index (κ3) is 5.07. The Hall–Kier alpha value is -1.63. The van der Waals surface area contributed by atoms with Gasteiger partial charge in [0.05, 0.1) is 13.2 Å². The van der Waals surface area contributed by atoms with E-state index < -0.39 is 0 Å². The molecule has 0 spiro atoms. The summed E-state index contributed by atoms with van der Waals surface area (Å²) in [7, 11) is 0. The second kappa shape index (κ2) is 9.47. The molecular weight excluding hydrogens is 388 g/mol. The van der Waals surface area contributed by atoms with E-state index in [0.29, 0.717) is 11.6 Å². The molecule has 0 radical (unpaired) electrons. The lowest BCUT2D eigenvalue weighted by Crippen LogP contribution is -2.58. The summed E-state index contributed by atoms with van der Waals surface area (Å²) in [5, 5.41) is 7.05. The number of hydrogen-bond donors (Lipinski definition) is 2. The summed E-state index contributed by atoms with van der Waals surface area (Å²) in [6.07, 6.45) is 9.83. The van der Waals surface area contributed by atoms with E-state index in [0.717, 1.165) is 64.5 Å². The normalized spacial score (nSPS) is 25.0. The molecule has 2 aliphatic heterocycles. The van der Waals surface area contributed by atoms with Gasteiger partial charge in [-0.1, -0.05) is 18.9 Å². The molecular formula is C25H38N4O2. The maximum atomic E-state index is 12.1. The molecule has 2 N–H and O–H groups in total. The summed E-state index contributed by atoms with van der Waals surface area (Å²) >= 11 is 0. The Bertz CT molecular complexity index is 746. The molecule has 2 heterocycles. The molecule has 5 rings (SSSR count). The quantitative estimate of drug-likeness (QED) is 0.701. The molecule has 0 unspecified atom stereocenters. The fourth-order valence-electron chi connectivity index (χ4n) is 5.72. The van der Waals surface area contributed by atoms with Crippen LogP contribution in [0.3, 0.4) is 0 Å². The number of piperidine rings is 1. The molecule has 2 saturated heterocycles. The first kappa shape index (κ1) is 21.2. The topological polar surface area (TPSA) is 56.8 Å². The molecule has 1 aromatic rings. The number of ether oxygens (including phenoxy) is 1. The molecule has 4 fully saturated rings. The van der Waals surface area contributed by atoms with Crippen LogP contribution in [0, 0.1) is 5.92 Å². The molecule has 0 bridgehead atoms. The van der Waals surface area contributed by atoms with E-state index in [2.05, 4.69) is 38.6 Å². The smallest absolute Gasteiger partial charge is 0.227 e. The number of rotatable bonds is 7. The van der Waals surface area contributed by atoms with E-state index in [-0.39, 0.29) is 11.8 Å². The summed E-state index contributed by atoms with van der Waals surface area (Å²) in [5.74, 6) is 0.423. The average molecular weight is 427 g/mol. The fourth-order valence-corrected chi connectivity index (χ4v) is 5.72. The van der Waals surface area contributed by atoms with Crippen LogP contribution in [0.5, 0.6) is 0 Å². The monoisotopic (exact) mass is 426 g/mol. The third-order valence-electron chi connectivity index (χ3n) is 7.86. The van der Waals surface area contributed by atoms with Crippen molar-refractivity contribution in [1.82, 2.24) is 10.2 Å². The number of benzene rings is 1. The predicted octanol–water partition coefficient (Wildman–Crippen LogP) is 3.24. The zero-order valence-corrected chi connectivity index (χ0v) is 18.8. The van der Waals surface area contributed by atoms with Crippen LogP contribution in [0.2, 0.25) is 0 Å². The molecule has 2 saturated carbocycles. The fraction of sp³-hybridized carbons (Fsp3) is 0.720.